The summed E-state index contributed by atoms with van der Waals surface area (Å²) < 4.78 is 4.66. The average Bonchev–Trinajstić information content (AvgIpc) is 2.35. The van der Waals surface area contributed by atoms with Gasteiger partial charge in [0.05, 0.1) is 0 Å². The van der Waals surface area contributed by atoms with E-state index in [1.807, 2.05) is 0 Å². The van der Waals surface area contributed by atoms with Crippen LogP contribution in [0.4, 0.5) is 0 Å². The maximum Gasteiger partial charge on any atom is 0.266 e. The predicted molar refractivity (Wildman–Crippen MR) is 39.3 cm³/mol. The molecule has 0 spiro atoms. The molecule has 1 heterocycles. The van der Waals surface area contributed by atoms with E-state index in [-0.39, 0.29) is 5.89 Å². The van der Waals surface area contributed by atoms with Gasteiger partial charge in [-0.1, -0.05) is 5.16 Å². The molecule has 1 N–H and O–H groups in total. The van der Waals surface area contributed by atoms with Crippen LogP contribution in [0.15, 0.2) is 4.52 Å². The number of carbonyl (C=O) groups excluding carboxylic acids is 1. The number of aryl methyl sites for hydroxylation is 1. The molecule has 0 aliphatic heterocycles. The third-order valence-electron chi connectivity index (χ3n) is 1.63. The van der Waals surface area contributed by atoms with E-state index in [0.717, 1.165) is 0 Å². The number of rotatable bonds is 2. The molecule has 1 rings (SSSR count). The molecule has 66 valence electrons. The van der Waals surface area contributed by atoms with Crippen molar-refractivity contribution in [1.82, 2.24) is 10.1 Å². The summed E-state index contributed by atoms with van der Waals surface area (Å²) in [5.41, 5.74) is -1.67. The maximum atomic E-state index is 10.9. The zero-order valence-electron chi connectivity index (χ0n) is 7.16. The normalized spacial score (nSPS) is 15.7. The highest BCUT2D eigenvalue weighted by Crippen LogP contribution is 2.18. The third kappa shape index (κ3) is 1.35. The topological polar surface area (TPSA) is 76.2 Å². The van der Waals surface area contributed by atoms with Gasteiger partial charge in [0.1, 0.15) is 0 Å². The first-order valence-corrected chi connectivity index (χ1v) is 3.49. The SMILES string of the molecule is CC(=O)C(C)(O)c1nc(C)no1. The molecule has 5 heteroatoms. The van der Waals surface area contributed by atoms with Crippen molar-refractivity contribution >= 4 is 5.78 Å². The van der Waals surface area contributed by atoms with Crippen LogP contribution < -0.4 is 0 Å². The van der Waals surface area contributed by atoms with Crippen LogP contribution >= 0.6 is 0 Å². The maximum absolute atomic E-state index is 10.9. The molecule has 1 atom stereocenters. The van der Waals surface area contributed by atoms with Crippen LogP contribution in [-0.2, 0) is 10.4 Å². The van der Waals surface area contributed by atoms with Crippen molar-refractivity contribution in [2.75, 3.05) is 0 Å². The number of aliphatic hydroxyl groups is 1. The van der Waals surface area contributed by atoms with Crippen molar-refractivity contribution in [2.24, 2.45) is 0 Å². The second-order valence-electron chi connectivity index (χ2n) is 2.78. The van der Waals surface area contributed by atoms with Crippen LogP contribution in [0.1, 0.15) is 25.6 Å². The number of ketones is 1. The van der Waals surface area contributed by atoms with Crippen molar-refractivity contribution in [1.29, 1.82) is 0 Å². The smallest absolute Gasteiger partial charge is 0.266 e. The summed E-state index contributed by atoms with van der Waals surface area (Å²) in [5.74, 6) is -0.0924. The Kier molecular flexibility index (Phi) is 1.97. The zero-order valence-corrected chi connectivity index (χ0v) is 7.16. The predicted octanol–water partition coefficient (Wildman–Crippen LogP) is 0.175. The molecule has 0 saturated heterocycles. The van der Waals surface area contributed by atoms with E-state index < -0.39 is 11.4 Å². The van der Waals surface area contributed by atoms with Crippen LogP contribution in [0.25, 0.3) is 0 Å². The lowest BCUT2D eigenvalue weighted by Crippen LogP contribution is -2.30. The van der Waals surface area contributed by atoms with Gasteiger partial charge < -0.3 is 9.63 Å². The first-order valence-electron chi connectivity index (χ1n) is 3.49. The number of nitrogens with zero attached hydrogens (tertiary/aromatic N) is 2. The molecule has 0 aromatic carbocycles. The van der Waals surface area contributed by atoms with Crippen LogP contribution in [-0.4, -0.2) is 21.0 Å². The summed E-state index contributed by atoms with van der Waals surface area (Å²) in [4.78, 5) is 14.7. The van der Waals surface area contributed by atoms with E-state index in [1.165, 1.54) is 13.8 Å². The Labute approximate surface area is 69.4 Å². The van der Waals surface area contributed by atoms with Gasteiger partial charge in [-0.25, -0.2) is 0 Å². The summed E-state index contributed by atoms with van der Waals surface area (Å²) >= 11 is 0. The molecule has 5 nitrogen and oxygen atoms in total. The molecule has 0 fully saturated rings. The largest absolute Gasteiger partial charge is 0.373 e. The van der Waals surface area contributed by atoms with Gasteiger partial charge in [-0.2, -0.15) is 4.98 Å². The van der Waals surface area contributed by atoms with Gasteiger partial charge in [0.25, 0.3) is 5.89 Å². The summed E-state index contributed by atoms with van der Waals surface area (Å²) in [5, 5.41) is 13.0. The van der Waals surface area contributed by atoms with Crippen molar-refractivity contribution in [3.05, 3.63) is 11.7 Å². The molecule has 0 saturated carbocycles. The van der Waals surface area contributed by atoms with Gasteiger partial charge in [-0.05, 0) is 20.8 Å². The molecule has 12 heavy (non-hydrogen) atoms. The van der Waals surface area contributed by atoms with Crippen LogP contribution in [0.3, 0.4) is 0 Å². The summed E-state index contributed by atoms with van der Waals surface area (Å²) in [6.07, 6.45) is 0. The summed E-state index contributed by atoms with van der Waals surface area (Å²) in [6.45, 7) is 4.20. The Bertz CT molecular complexity index is 303. The molecule has 0 radical (unpaired) electrons. The average molecular weight is 170 g/mol. The molecular weight excluding hydrogens is 160 g/mol. The van der Waals surface area contributed by atoms with Crippen LogP contribution in [0.5, 0.6) is 0 Å². The number of hydrogen-bond donors (Lipinski definition) is 1. The lowest BCUT2D eigenvalue weighted by molar-refractivity contribution is -0.136. The van der Waals surface area contributed by atoms with Crippen molar-refractivity contribution in [3.63, 3.8) is 0 Å². The first-order chi connectivity index (χ1) is 5.44. The van der Waals surface area contributed by atoms with Crippen LogP contribution in [0, 0.1) is 6.92 Å². The Morgan fingerprint density at radius 2 is 2.25 bits per heavy atom. The molecule has 0 bridgehead atoms. The third-order valence-corrected chi connectivity index (χ3v) is 1.63. The fraction of sp³-hybridized carbons (Fsp3) is 0.571. The second kappa shape index (κ2) is 2.67. The molecular formula is C7H10N2O3. The summed E-state index contributed by atoms with van der Waals surface area (Å²) in [6, 6.07) is 0. The van der Waals surface area contributed by atoms with Gasteiger partial charge in [-0.15, -0.1) is 0 Å². The minimum Gasteiger partial charge on any atom is -0.373 e. The van der Waals surface area contributed by atoms with E-state index in [9.17, 15) is 9.90 Å². The van der Waals surface area contributed by atoms with Gasteiger partial charge in [0.15, 0.2) is 17.2 Å². The Morgan fingerprint density at radius 3 is 2.58 bits per heavy atom. The van der Waals surface area contributed by atoms with Gasteiger partial charge in [0.2, 0.25) is 0 Å². The van der Waals surface area contributed by atoms with E-state index in [1.54, 1.807) is 6.92 Å². The molecule has 0 aliphatic rings. The second-order valence-corrected chi connectivity index (χ2v) is 2.78. The van der Waals surface area contributed by atoms with E-state index in [2.05, 4.69) is 14.7 Å². The van der Waals surface area contributed by atoms with Crippen molar-refractivity contribution < 1.29 is 14.4 Å². The lowest BCUT2D eigenvalue weighted by Gasteiger charge is -2.13. The first kappa shape index (κ1) is 8.86. The van der Waals surface area contributed by atoms with E-state index >= 15 is 0 Å². The summed E-state index contributed by atoms with van der Waals surface area (Å²) in [7, 11) is 0. The van der Waals surface area contributed by atoms with Gasteiger partial charge in [0, 0.05) is 0 Å². The minimum atomic E-state index is -1.67. The molecule has 1 aromatic rings. The molecule has 1 unspecified atom stereocenters. The van der Waals surface area contributed by atoms with Gasteiger partial charge in [-0.3, -0.25) is 4.79 Å². The fourth-order valence-electron chi connectivity index (χ4n) is 0.645. The molecule has 1 aromatic heterocycles. The Balaban J connectivity index is 3.05. The van der Waals surface area contributed by atoms with E-state index in [4.69, 9.17) is 0 Å². The van der Waals surface area contributed by atoms with E-state index in [0.29, 0.717) is 5.82 Å². The highest BCUT2D eigenvalue weighted by Gasteiger charge is 2.34. The minimum absolute atomic E-state index is 0.0625. The van der Waals surface area contributed by atoms with Crippen molar-refractivity contribution in [2.45, 2.75) is 26.4 Å². The number of hydrogen-bond acceptors (Lipinski definition) is 5. The van der Waals surface area contributed by atoms with Crippen LogP contribution in [0.2, 0.25) is 0 Å². The standard InChI is InChI=1S/C7H10N2O3/c1-4(10)7(3,11)6-8-5(2)9-12-6/h11H,1-3H3. The Hall–Kier alpha value is -1.23. The molecule has 0 aliphatic carbocycles. The number of aromatic nitrogens is 2. The number of Topliss-reactive ketones (excluding diaryl/α,β-unsaturated/α-hetero) is 1. The highest BCUT2D eigenvalue weighted by atomic mass is 16.5. The zero-order chi connectivity index (χ0) is 9.35. The van der Waals surface area contributed by atoms with Gasteiger partial charge >= 0.3 is 0 Å². The molecule has 0 amide bonds. The number of carbonyl (C=O) groups is 1. The lowest BCUT2D eigenvalue weighted by atomic mass is 10.0. The highest BCUT2D eigenvalue weighted by molar-refractivity contribution is 5.84. The quantitative estimate of drug-likeness (QED) is 0.684. The monoisotopic (exact) mass is 170 g/mol. The van der Waals surface area contributed by atoms with Crippen molar-refractivity contribution in [3.8, 4) is 0 Å². The fourth-order valence-corrected chi connectivity index (χ4v) is 0.645. The Morgan fingerprint density at radius 1 is 1.67 bits per heavy atom.